The molecule has 1 unspecified atom stereocenters. The Kier molecular flexibility index (Phi) is 5.56. The van der Waals surface area contributed by atoms with Crippen molar-refractivity contribution in [1.29, 1.82) is 0 Å². The van der Waals surface area contributed by atoms with Crippen LogP contribution >= 0.6 is 0 Å². The Morgan fingerprint density at radius 3 is 2.47 bits per heavy atom. The maximum Gasteiger partial charge on any atom is 0.416 e. The number of aromatic nitrogens is 1. The van der Waals surface area contributed by atoms with Gasteiger partial charge in [-0.05, 0) is 41.5 Å². The van der Waals surface area contributed by atoms with Crippen molar-refractivity contribution in [3.8, 4) is 5.75 Å². The van der Waals surface area contributed by atoms with E-state index in [0.717, 1.165) is 6.07 Å². The van der Waals surface area contributed by atoms with Gasteiger partial charge in [0.2, 0.25) is 0 Å². The topological polar surface area (TPSA) is 79.7 Å². The van der Waals surface area contributed by atoms with E-state index in [1.807, 2.05) is 0 Å². The summed E-state index contributed by atoms with van der Waals surface area (Å²) in [5.74, 6) is -1.18. The first-order valence-corrected chi connectivity index (χ1v) is 9.64. The van der Waals surface area contributed by atoms with E-state index in [2.05, 4.69) is 4.98 Å². The van der Waals surface area contributed by atoms with Crippen LogP contribution in [0, 0.1) is 0 Å². The summed E-state index contributed by atoms with van der Waals surface area (Å²) in [5.41, 5.74) is -0.130. The van der Waals surface area contributed by atoms with Crippen LogP contribution < -0.4 is 9.64 Å². The minimum atomic E-state index is -4.57. The number of carbonyl (C=O) groups is 2. The molecule has 1 N–H and O–H groups in total. The molecule has 1 aliphatic rings. The van der Waals surface area contributed by atoms with Crippen molar-refractivity contribution < 1.29 is 32.6 Å². The second-order valence-electron chi connectivity index (χ2n) is 7.22. The highest BCUT2D eigenvalue weighted by Crippen LogP contribution is 2.36. The number of carboxylic acid groups (broad SMARTS) is 1. The van der Waals surface area contributed by atoms with Gasteiger partial charge in [-0.2, -0.15) is 13.2 Å². The van der Waals surface area contributed by atoms with E-state index in [-0.39, 0.29) is 35.7 Å². The molecule has 0 saturated heterocycles. The lowest BCUT2D eigenvalue weighted by molar-refractivity contribution is -0.138. The number of pyridine rings is 1. The first-order valence-electron chi connectivity index (χ1n) is 9.64. The summed E-state index contributed by atoms with van der Waals surface area (Å²) in [6.45, 7) is -0.323. The van der Waals surface area contributed by atoms with Gasteiger partial charge in [0.05, 0.1) is 17.7 Å². The van der Waals surface area contributed by atoms with Gasteiger partial charge in [-0.1, -0.05) is 30.3 Å². The molecule has 164 valence electrons. The fourth-order valence-electron chi connectivity index (χ4n) is 3.54. The lowest BCUT2D eigenvalue weighted by Crippen LogP contribution is -2.47. The maximum atomic E-state index is 13.5. The third kappa shape index (κ3) is 4.27. The van der Waals surface area contributed by atoms with Crippen molar-refractivity contribution in [2.24, 2.45) is 0 Å². The molecule has 1 aromatic heterocycles. The number of benzene rings is 2. The highest BCUT2D eigenvalue weighted by molar-refractivity contribution is 5.99. The van der Waals surface area contributed by atoms with Gasteiger partial charge >= 0.3 is 12.1 Å². The second-order valence-corrected chi connectivity index (χ2v) is 7.22. The van der Waals surface area contributed by atoms with E-state index in [0.29, 0.717) is 5.56 Å². The fraction of sp³-hybridized carbons (Fsp3) is 0.174. The number of anilines is 1. The average Bonchev–Trinajstić information content (AvgIpc) is 2.76. The SMILES string of the molecule is O=C(O)c1ccc(CC2Oc3cccnc3N(Cc3ccccc3C(F)(F)F)C2=O)cc1. The van der Waals surface area contributed by atoms with Gasteiger partial charge < -0.3 is 9.84 Å². The van der Waals surface area contributed by atoms with Crippen molar-refractivity contribution in [2.45, 2.75) is 25.2 Å². The molecule has 2 heterocycles. The highest BCUT2D eigenvalue weighted by Gasteiger charge is 2.38. The van der Waals surface area contributed by atoms with Crippen LogP contribution in [-0.2, 0) is 23.9 Å². The number of amides is 1. The number of alkyl halides is 3. The Labute approximate surface area is 180 Å². The number of carbonyl (C=O) groups excluding carboxylic acids is 1. The Balaban J connectivity index is 1.65. The number of fused-ring (bicyclic) bond motifs is 1. The molecule has 9 heteroatoms. The number of aromatic carboxylic acids is 1. The zero-order chi connectivity index (χ0) is 22.9. The quantitative estimate of drug-likeness (QED) is 0.636. The van der Waals surface area contributed by atoms with Gasteiger partial charge in [-0.15, -0.1) is 0 Å². The smallest absolute Gasteiger partial charge is 0.416 e. The maximum absolute atomic E-state index is 13.5. The molecular formula is C23H17F3N2O4. The average molecular weight is 442 g/mol. The Hall–Kier alpha value is -3.88. The third-order valence-electron chi connectivity index (χ3n) is 5.09. The summed E-state index contributed by atoms with van der Waals surface area (Å²) in [6.07, 6.45) is -4.02. The molecule has 0 radical (unpaired) electrons. The van der Waals surface area contributed by atoms with E-state index in [1.165, 1.54) is 41.4 Å². The second kappa shape index (κ2) is 8.33. The summed E-state index contributed by atoms with van der Waals surface area (Å²) in [7, 11) is 0. The van der Waals surface area contributed by atoms with Crippen LogP contribution in [0.1, 0.15) is 27.0 Å². The zero-order valence-electron chi connectivity index (χ0n) is 16.5. The number of nitrogens with zero attached hydrogens (tertiary/aromatic N) is 2. The molecule has 32 heavy (non-hydrogen) atoms. The van der Waals surface area contributed by atoms with Gasteiger partial charge in [0.1, 0.15) is 0 Å². The summed E-state index contributed by atoms with van der Waals surface area (Å²) in [4.78, 5) is 29.6. The molecular weight excluding hydrogens is 425 g/mol. The Bertz CT molecular complexity index is 1160. The Morgan fingerprint density at radius 1 is 1.06 bits per heavy atom. The number of ether oxygens (including phenoxy) is 1. The molecule has 0 saturated carbocycles. The normalized spacial score (nSPS) is 15.8. The van der Waals surface area contributed by atoms with Gasteiger partial charge in [-0.25, -0.2) is 9.78 Å². The lowest BCUT2D eigenvalue weighted by atomic mass is 10.0. The molecule has 1 aliphatic heterocycles. The zero-order valence-corrected chi connectivity index (χ0v) is 16.5. The van der Waals surface area contributed by atoms with E-state index in [1.54, 1.807) is 24.3 Å². The minimum Gasteiger partial charge on any atom is -0.478 e. The van der Waals surface area contributed by atoms with Crippen LogP contribution in [0.25, 0.3) is 0 Å². The largest absolute Gasteiger partial charge is 0.478 e. The molecule has 4 rings (SSSR count). The van der Waals surface area contributed by atoms with Crippen LogP contribution in [0.2, 0.25) is 0 Å². The number of halogens is 3. The predicted molar refractivity (Wildman–Crippen MR) is 108 cm³/mol. The van der Waals surface area contributed by atoms with Gasteiger partial charge in [-0.3, -0.25) is 9.69 Å². The number of hydrogen-bond donors (Lipinski definition) is 1. The monoisotopic (exact) mass is 442 g/mol. The van der Waals surface area contributed by atoms with Crippen LogP contribution in [-0.4, -0.2) is 28.1 Å². The van der Waals surface area contributed by atoms with Gasteiger partial charge in [0, 0.05) is 12.6 Å². The van der Waals surface area contributed by atoms with Gasteiger partial charge in [0.15, 0.2) is 17.7 Å². The summed E-state index contributed by atoms with van der Waals surface area (Å²) < 4.78 is 46.2. The molecule has 2 aromatic carbocycles. The fourth-order valence-corrected chi connectivity index (χ4v) is 3.54. The van der Waals surface area contributed by atoms with E-state index < -0.39 is 29.7 Å². The first-order chi connectivity index (χ1) is 15.2. The summed E-state index contributed by atoms with van der Waals surface area (Å²) in [6, 6.07) is 14.3. The molecule has 0 aliphatic carbocycles. The minimum absolute atomic E-state index is 0.0589. The van der Waals surface area contributed by atoms with Crippen LogP contribution in [0.5, 0.6) is 5.75 Å². The summed E-state index contributed by atoms with van der Waals surface area (Å²) >= 11 is 0. The molecule has 6 nitrogen and oxygen atoms in total. The van der Waals surface area contributed by atoms with Crippen molar-refractivity contribution in [1.82, 2.24) is 4.98 Å². The number of hydrogen-bond acceptors (Lipinski definition) is 4. The van der Waals surface area contributed by atoms with Crippen molar-refractivity contribution in [2.75, 3.05) is 4.90 Å². The van der Waals surface area contributed by atoms with Crippen LogP contribution in [0.15, 0.2) is 66.9 Å². The molecule has 0 bridgehead atoms. The summed E-state index contributed by atoms with van der Waals surface area (Å²) in [5, 5.41) is 9.03. The number of rotatable bonds is 5. The van der Waals surface area contributed by atoms with Crippen molar-refractivity contribution in [3.05, 3.63) is 89.1 Å². The van der Waals surface area contributed by atoms with E-state index in [9.17, 15) is 22.8 Å². The number of carboxylic acids is 1. The standard InChI is InChI=1S/C23H17F3N2O4/c24-23(25,26)17-5-2-1-4-16(17)13-28-20-18(6-3-11-27-20)32-19(21(28)29)12-14-7-9-15(10-8-14)22(30)31/h1-11,19H,12-13H2,(H,30,31). The highest BCUT2D eigenvalue weighted by atomic mass is 19.4. The third-order valence-corrected chi connectivity index (χ3v) is 5.09. The van der Waals surface area contributed by atoms with Crippen LogP contribution in [0.3, 0.4) is 0 Å². The molecule has 3 aromatic rings. The first kappa shape index (κ1) is 21.4. The van der Waals surface area contributed by atoms with Crippen molar-refractivity contribution in [3.63, 3.8) is 0 Å². The van der Waals surface area contributed by atoms with Crippen LogP contribution in [0.4, 0.5) is 19.0 Å². The molecule has 1 atom stereocenters. The Morgan fingerprint density at radius 2 is 1.78 bits per heavy atom. The molecule has 0 fully saturated rings. The predicted octanol–water partition coefficient (Wildman–Crippen LogP) is 4.34. The van der Waals surface area contributed by atoms with Gasteiger partial charge in [0.25, 0.3) is 5.91 Å². The van der Waals surface area contributed by atoms with E-state index in [4.69, 9.17) is 9.84 Å². The molecule has 1 amide bonds. The van der Waals surface area contributed by atoms with Crippen molar-refractivity contribution >= 4 is 17.7 Å². The lowest BCUT2D eigenvalue weighted by Gasteiger charge is -2.34. The van der Waals surface area contributed by atoms with E-state index >= 15 is 0 Å². The molecule has 0 spiro atoms.